The van der Waals surface area contributed by atoms with Gasteiger partial charge < -0.3 is 9.88 Å². The van der Waals surface area contributed by atoms with E-state index in [1.54, 1.807) is 11.9 Å². The molecule has 0 aliphatic heterocycles. The Morgan fingerprint density at radius 1 is 1.28 bits per heavy atom. The number of H-pyrrole nitrogens is 1. The predicted molar refractivity (Wildman–Crippen MR) is 73.1 cm³/mol. The Balaban J connectivity index is 2.09. The second kappa shape index (κ2) is 5.46. The Labute approximate surface area is 115 Å². The molecule has 0 radical (unpaired) electrons. The Hall–Kier alpha value is -1.45. The molecular weight excluding hydrogens is 271 g/mol. The summed E-state index contributed by atoms with van der Waals surface area (Å²) in [7, 11) is 1.73. The molecule has 1 N–H and O–H groups in total. The number of hydrogen-bond acceptors (Lipinski definition) is 1. The van der Waals surface area contributed by atoms with Crippen LogP contribution in [0.5, 0.6) is 0 Å². The molecule has 1 aromatic carbocycles. The van der Waals surface area contributed by atoms with Gasteiger partial charge in [0.15, 0.2) is 0 Å². The van der Waals surface area contributed by atoms with Crippen LogP contribution in [0.15, 0.2) is 36.4 Å². The smallest absolute Gasteiger partial charge is 0.270 e. The highest BCUT2D eigenvalue weighted by molar-refractivity contribution is 6.41. The molecule has 0 fully saturated rings. The van der Waals surface area contributed by atoms with Crippen LogP contribution >= 0.6 is 23.2 Å². The number of amides is 1. The van der Waals surface area contributed by atoms with E-state index in [-0.39, 0.29) is 11.1 Å². The molecule has 0 unspecified atom stereocenters. The van der Waals surface area contributed by atoms with Crippen molar-refractivity contribution in [3.8, 4) is 0 Å². The molecule has 0 aliphatic carbocycles. The van der Waals surface area contributed by atoms with Crippen LogP contribution in [0, 0.1) is 0 Å². The molecule has 1 heterocycles. The molecule has 0 bridgehead atoms. The normalized spacial score (nSPS) is 10.4. The summed E-state index contributed by atoms with van der Waals surface area (Å²) in [6.07, 6.45) is 0. The number of hydrogen-bond donors (Lipinski definition) is 1. The molecule has 18 heavy (non-hydrogen) atoms. The average molecular weight is 283 g/mol. The van der Waals surface area contributed by atoms with Gasteiger partial charge in [0.05, 0.1) is 5.02 Å². The minimum absolute atomic E-state index is 0.146. The third kappa shape index (κ3) is 2.86. The van der Waals surface area contributed by atoms with Crippen molar-refractivity contribution in [2.45, 2.75) is 6.54 Å². The van der Waals surface area contributed by atoms with Gasteiger partial charge in [-0.25, -0.2) is 0 Å². The first-order chi connectivity index (χ1) is 8.58. The summed E-state index contributed by atoms with van der Waals surface area (Å²) < 4.78 is 0. The fourth-order valence-electron chi connectivity index (χ4n) is 1.65. The second-order valence-electron chi connectivity index (χ2n) is 3.99. The fourth-order valence-corrected chi connectivity index (χ4v) is 1.97. The molecule has 1 aromatic heterocycles. The molecule has 0 saturated heterocycles. The fraction of sp³-hybridized carbons (Fsp3) is 0.154. The summed E-state index contributed by atoms with van der Waals surface area (Å²) in [4.78, 5) is 16.4. The number of carbonyl (C=O) groups excluding carboxylic acids is 1. The molecule has 2 rings (SSSR count). The van der Waals surface area contributed by atoms with Crippen LogP contribution in [0.3, 0.4) is 0 Å². The van der Waals surface area contributed by atoms with Crippen molar-refractivity contribution in [1.82, 2.24) is 9.88 Å². The van der Waals surface area contributed by atoms with Gasteiger partial charge in [-0.05, 0) is 11.6 Å². The molecule has 0 spiro atoms. The van der Waals surface area contributed by atoms with Gasteiger partial charge in [-0.15, -0.1) is 0 Å². The van der Waals surface area contributed by atoms with E-state index in [2.05, 4.69) is 4.98 Å². The monoisotopic (exact) mass is 282 g/mol. The van der Waals surface area contributed by atoms with E-state index in [0.29, 0.717) is 17.3 Å². The standard InChI is InChI=1S/C13H12Cl2N2O/c1-17(8-9-5-3-2-4-6-9)13(18)11-7-10(14)12(15)16-11/h2-7,16H,8H2,1H3. The first-order valence-electron chi connectivity index (χ1n) is 5.41. The maximum atomic E-state index is 12.1. The number of halogens is 2. The first kappa shape index (κ1) is 13.0. The summed E-state index contributed by atoms with van der Waals surface area (Å²) >= 11 is 11.6. The number of benzene rings is 1. The molecule has 0 atom stereocenters. The molecule has 3 nitrogen and oxygen atoms in total. The third-order valence-electron chi connectivity index (χ3n) is 2.56. The van der Waals surface area contributed by atoms with Crippen LogP contribution in [0.2, 0.25) is 10.2 Å². The summed E-state index contributed by atoms with van der Waals surface area (Å²) in [6, 6.07) is 11.3. The number of aromatic nitrogens is 1. The molecule has 0 aliphatic rings. The van der Waals surface area contributed by atoms with E-state index in [1.165, 1.54) is 6.07 Å². The zero-order valence-electron chi connectivity index (χ0n) is 9.78. The van der Waals surface area contributed by atoms with Crippen molar-refractivity contribution in [2.24, 2.45) is 0 Å². The van der Waals surface area contributed by atoms with Crippen LogP contribution in [0.4, 0.5) is 0 Å². The highest BCUT2D eigenvalue weighted by Gasteiger charge is 2.15. The minimum Gasteiger partial charge on any atom is -0.340 e. The predicted octanol–water partition coefficient (Wildman–Crippen LogP) is 3.59. The van der Waals surface area contributed by atoms with E-state index in [4.69, 9.17) is 23.2 Å². The number of carbonyl (C=O) groups is 1. The van der Waals surface area contributed by atoms with Gasteiger partial charge >= 0.3 is 0 Å². The Bertz CT molecular complexity index is 532. The molecular formula is C13H12Cl2N2O. The van der Waals surface area contributed by atoms with E-state index < -0.39 is 0 Å². The summed E-state index contributed by atoms with van der Waals surface area (Å²) in [5.41, 5.74) is 1.46. The first-order valence-corrected chi connectivity index (χ1v) is 6.17. The lowest BCUT2D eigenvalue weighted by Crippen LogP contribution is -2.26. The van der Waals surface area contributed by atoms with Crippen LogP contribution < -0.4 is 0 Å². The van der Waals surface area contributed by atoms with Crippen molar-refractivity contribution in [1.29, 1.82) is 0 Å². The van der Waals surface area contributed by atoms with Crippen molar-refractivity contribution in [3.05, 3.63) is 57.8 Å². The summed E-state index contributed by atoms with van der Waals surface area (Å²) in [5, 5.41) is 0.640. The van der Waals surface area contributed by atoms with Gasteiger partial charge in [0, 0.05) is 13.6 Å². The van der Waals surface area contributed by atoms with Crippen molar-refractivity contribution in [3.63, 3.8) is 0 Å². The molecule has 0 saturated carbocycles. The van der Waals surface area contributed by atoms with Gasteiger partial charge in [-0.2, -0.15) is 0 Å². The van der Waals surface area contributed by atoms with Gasteiger partial charge in [-0.3, -0.25) is 4.79 Å². The van der Waals surface area contributed by atoms with E-state index >= 15 is 0 Å². The zero-order valence-corrected chi connectivity index (χ0v) is 11.3. The number of nitrogens with one attached hydrogen (secondary N) is 1. The molecule has 94 valence electrons. The average Bonchev–Trinajstić information content (AvgIpc) is 2.70. The number of aromatic amines is 1. The Morgan fingerprint density at radius 2 is 1.94 bits per heavy atom. The summed E-state index contributed by atoms with van der Waals surface area (Å²) in [6.45, 7) is 0.536. The lowest BCUT2D eigenvalue weighted by atomic mass is 10.2. The van der Waals surface area contributed by atoms with Gasteiger partial charge in [0.1, 0.15) is 10.8 Å². The minimum atomic E-state index is -0.146. The SMILES string of the molecule is CN(Cc1ccccc1)C(=O)c1cc(Cl)c(Cl)[nH]1. The lowest BCUT2D eigenvalue weighted by molar-refractivity contribution is 0.0780. The third-order valence-corrected chi connectivity index (χ3v) is 3.26. The summed E-state index contributed by atoms with van der Waals surface area (Å²) in [5.74, 6) is -0.146. The van der Waals surface area contributed by atoms with Crippen LogP contribution in [-0.4, -0.2) is 22.8 Å². The van der Waals surface area contributed by atoms with E-state index in [9.17, 15) is 4.79 Å². The highest BCUT2D eigenvalue weighted by Crippen LogP contribution is 2.22. The van der Waals surface area contributed by atoms with Crippen molar-refractivity contribution in [2.75, 3.05) is 7.05 Å². The molecule has 2 aromatic rings. The highest BCUT2D eigenvalue weighted by atomic mass is 35.5. The molecule has 5 heteroatoms. The molecule has 1 amide bonds. The van der Waals surface area contributed by atoms with Crippen molar-refractivity contribution < 1.29 is 4.79 Å². The van der Waals surface area contributed by atoms with Crippen molar-refractivity contribution >= 4 is 29.1 Å². The van der Waals surface area contributed by atoms with Gasteiger partial charge in [0.25, 0.3) is 5.91 Å². The van der Waals surface area contributed by atoms with E-state index in [1.807, 2.05) is 30.3 Å². The lowest BCUT2D eigenvalue weighted by Gasteiger charge is -2.16. The second-order valence-corrected chi connectivity index (χ2v) is 4.78. The van der Waals surface area contributed by atoms with Crippen LogP contribution in [-0.2, 0) is 6.54 Å². The largest absolute Gasteiger partial charge is 0.340 e. The Kier molecular flexibility index (Phi) is 3.94. The zero-order chi connectivity index (χ0) is 13.1. The maximum Gasteiger partial charge on any atom is 0.270 e. The number of rotatable bonds is 3. The van der Waals surface area contributed by atoms with Gasteiger partial charge in [-0.1, -0.05) is 53.5 Å². The maximum absolute atomic E-state index is 12.1. The van der Waals surface area contributed by atoms with E-state index in [0.717, 1.165) is 5.56 Å². The van der Waals surface area contributed by atoms with Gasteiger partial charge in [0.2, 0.25) is 0 Å². The topological polar surface area (TPSA) is 36.1 Å². The van der Waals surface area contributed by atoms with Crippen LogP contribution in [0.1, 0.15) is 16.1 Å². The number of nitrogens with zero attached hydrogens (tertiary/aromatic N) is 1. The quantitative estimate of drug-likeness (QED) is 0.918. The Morgan fingerprint density at radius 3 is 2.50 bits per heavy atom. The van der Waals surface area contributed by atoms with Crippen LogP contribution in [0.25, 0.3) is 0 Å².